The first-order valence-electron chi connectivity index (χ1n) is 6.11. The lowest BCUT2D eigenvalue weighted by Gasteiger charge is -2.01. The third kappa shape index (κ3) is 4.63. The van der Waals surface area contributed by atoms with Crippen molar-refractivity contribution >= 4 is 11.6 Å². The molecule has 0 spiro atoms. The average Bonchev–Trinajstić information content (AvgIpc) is 2.82. The van der Waals surface area contributed by atoms with Gasteiger partial charge in [-0.2, -0.15) is 0 Å². The molecule has 0 aliphatic rings. The first kappa shape index (κ1) is 14.0. The lowest BCUT2D eigenvalue weighted by molar-refractivity contribution is 0.199. The monoisotopic (exact) mass is 280 g/mol. The largest absolute Gasteiger partial charge is 0.383 e. The van der Waals surface area contributed by atoms with Crippen molar-refractivity contribution in [1.29, 1.82) is 0 Å². The maximum Gasteiger partial charge on any atom is 0.0964 e. The predicted octanol–water partition coefficient (Wildman–Crippen LogP) is 1.72. The van der Waals surface area contributed by atoms with E-state index in [9.17, 15) is 0 Å². The number of hydrogen-bond acceptors (Lipinski definition) is 4. The molecule has 0 saturated heterocycles. The van der Waals surface area contributed by atoms with E-state index in [2.05, 4.69) is 15.6 Å². The van der Waals surface area contributed by atoms with Crippen LogP contribution in [0.1, 0.15) is 11.3 Å². The first-order valence-corrected chi connectivity index (χ1v) is 6.49. The Balaban J connectivity index is 1.87. The molecule has 0 aliphatic heterocycles. The van der Waals surface area contributed by atoms with E-state index >= 15 is 0 Å². The van der Waals surface area contributed by atoms with Crippen molar-refractivity contribution < 1.29 is 4.74 Å². The summed E-state index contributed by atoms with van der Waals surface area (Å²) in [6.07, 6.45) is 1.93. The van der Waals surface area contributed by atoms with Crippen LogP contribution in [0.5, 0.6) is 0 Å². The number of methoxy groups -OCH3 is 1. The van der Waals surface area contributed by atoms with Gasteiger partial charge in [-0.1, -0.05) is 28.9 Å². The third-order valence-electron chi connectivity index (χ3n) is 2.61. The Kier molecular flexibility index (Phi) is 5.32. The normalized spacial score (nSPS) is 10.8. The van der Waals surface area contributed by atoms with Gasteiger partial charge in [0, 0.05) is 25.2 Å². The second-order valence-corrected chi connectivity index (χ2v) is 4.64. The predicted molar refractivity (Wildman–Crippen MR) is 74.2 cm³/mol. The van der Waals surface area contributed by atoms with Gasteiger partial charge >= 0.3 is 0 Å². The van der Waals surface area contributed by atoms with Crippen molar-refractivity contribution in [3.63, 3.8) is 0 Å². The molecule has 2 rings (SSSR count). The van der Waals surface area contributed by atoms with Gasteiger partial charge in [0.2, 0.25) is 0 Å². The van der Waals surface area contributed by atoms with Crippen molar-refractivity contribution in [3.05, 3.63) is 46.7 Å². The molecule has 6 heteroatoms. The Hall–Kier alpha value is -1.43. The van der Waals surface area contributed by atoms with E-state index < -0.39 is 0 Å². The highest BCUT2D eigenvalue weighted by atomic mass is 35.5. The minimum Gasteiger partial charge on any atom is -0.383 e. The van der Waals surface area contributed by atoms with E-state index in [-0.39, 0.29) is 0 Å². The molecule has 0 unspecified atom stereocenters. The van der Waals surface area contributed by atoms with Gasteiger partial charge in [0.05, 0.1) is 25.0 Å². The Morgan fingerprint density at radius 2 is 2.32 bits per heavy atom. The standard InChI is InChI=1S/C13H17ClN4O/c1-19-6-5-15-8-13-10-18(17-16-13)9-11-3-2-4-12(14)7-11/h2-4,7,10,15H,5-6,8-9H2,1H3. The number of rotatable bonds is 7. The van der Waals surface area contributed by atoms with Gasteiger partial charge in [0.1, 0.15) is 0 Å². The summed E-state index contributed by atoms with van der Waals surface area (Å²) in [6.45, 7) is 2.86. The SMILES string of the molecule is COCCNCc1cn(Cc2cccc(Cl)c2)nn1. The van der Waals surface area contributed by atoms with E-state index in [0.29, 0.717) is 19.7 Å². The molecule has 1 N–H and O–H groups in total. The molecule has 0 fully saturated rings. The number of ether oxygens (including phenoxy) is 1. The molecule has 0 bridgehead atoms. The number of aromatic nitrogens is 3. The number of benzene rings is 1. The van der Waals surface area contributed by atoms with Crippen LogP contribution in [0.15, 0.2) is 30.5 Å². The van der Waals surface area contributed by atoms with Crippen LogP contribution in [-0.4, -0.2) is 35.3 Å². The summed E-state index contributed by atoms with van der Waals surface area (Å²) in [5, 5.41) is 12.2. The van der Waals surface area contributed by atoms with Gasteiger partial charge in [0.15, 0.2) is 0 Å². The van der Waals surface area contributed by atoms with E-state index in [1.54, 1.807) is 11.8 Å². The van der Waals surface area contributed by atoms with Gasteiger partial charge in [-0.3, -0.25) is 0 Å². The van der Waals surface area contributed by atoms with E-state index in [1.165, 1.54) is 0 Å². The highest BCUT2D eigenvalue weighted by Crippen LogP contribution is 2.11. The Morgan fingerprint density at radius 3 is 3.11 bits per heavy atom. The van der Waals surface area contributed by atoms with Crippen molar-refractivity contribution in [1.82, 2.24) is 20.3 Å². The molecule has 1 aromatic heterocycles. The maximum atomic E-state index is 5.95. The molecular weight excluding hydrogens is 264 g/mol. The lowest BCUT2D eigenvalue weighted by Crippen LogP contribution is -2.18. The van der Waals surface area contributed by atoms with Gasteiger partial charge in [-0.25, -0.2) is 4.68 Å². The lowest BCUT2D eigenvalue weighted by atomic mass is 10.2. The molecule has 19 heavy (non-hydrogen) atoms. The average molecular weight is 281 g/mol. The van der Waals surface area contributed by atoms with Gasteiger partial charge in [-0.15, -0.1) is 5.10 Å². The van der Waals surface area contributed by atoms with Crippen LogP contribution in [-0.2, 0) is 17.8 Å². The van der Waals surface area contributed by atoms with Gasteiger partial charge in [0.25, 0.3) is 0 Å². The smallest absolute Gasteiger partial charge is 0.0964 e. The molecule has 0 saturated carbocycles. The Bertz CT molecular complexity index is 515. The maximum absolute atomic E-state index is 5.95. The van der Waals surface area contributed by atoms with E-state index in [4.69, 9.17) is 16.3 Å². The van der Waals surface area contributed by atoms with E-state index in [0.717, 1.165) is 22.8 Å². The second kappa shape index (κ2) is 7.23. The molecule has 5 nitrogen and oxygen atoms in total. The molecule has 0 radical (unpaired) electrons. The Labute approximate surface area is 117 Å². The Morgan fingerprint density at radius 1 is 1.42 bits per heavy atom. The zero-order valence-electron chi connectivity index (χ0n) is 10.8. The molecular formula is C13H17ClN4O. The fraction of sp³-hybridized carbons (Fsp3) is 0.385. The van der Waals surface area contributed by atoms with Gasteiger partial charge < -0.3 is 10.1 Å². The quantitative estimate of drug-likeness (QED) is 0.785. The fourth-order valence-electron chi connectivity index (χ4n) is 1.71. The van der Waals surface area contributed by atoms with Crippen molar-refractivity contribution in [2.75, 3.05) is 20.3 Å². The number of hydrogen-bond donors (Lipinski definition) is 1. The number of nitrogens with zero attached hydrogens (tertiary/aromatic N) is 3. The summed E-state index contributed by atoms with van der Waals surface area (Å²) in [6, 6.07) is 7.74. The number of nitrogens with one attached hydrogen (secondary N) is 1. The fourth-order valence-corrected chi connectivity index (χ4v) is 1.92. The topological polar surface area (TPSA) is 52.0 Å². The molecule has 2 aromatic rings. The number of halogens is 1. The summed E-state index contributed by atoms with van der Waals surface area (Å²) in [4.78, 5) is 0. The summed E-state index contributed by atoms with van der Waals surface area (Å²) in [5.74, 6) is 0. The minimum atomic E-state index is 0.672. The van der Waals surface area contributed by atoms with Crippen molar-refractivity contribution in [3.8, 4) is 0 Å². The highest BCUT2D eigenvalue weighted by molar-refractivity contribution is 6.30. The summed E-state index contributed by atoms with van der Waals surface area (Å²) < 4.78 is 6.76. The molecule has 1 heterocycles. The van der Waals surface area contributed by atoms with Crippen LogP contribution in [0, 0.1) is 0 Å². The van der Waals surface area contributed by atoms with Crippen LogP contribution >= 0.6 is 11.6 Å². The first-order chi connectivity index (χ1) is 9.28. The zero-order valence-corrected chi connectivity index (χ0v) is 11.6. The molecule has 1 aromatic carbocycles. The third-order valence-corrected chi connectivity index (χ3v) is 2.84. The van der Waals surface area contributed by atoms with Crippen LogP contribution in [0.3, 0.4) is 0 Å². The summed E-state index contributed by atoms with van der Waals surface area (Å²) in [7, 11) is 1.68. The minimum absolute atomic E-state index is 0.672. The second-order valence-electron chi connectivity index (χ2n) is 4.21. The molecule has 102 valence electrons. The van der Waals surface area contributed by atoms with Crippen LogP contribution in [0.25, 0.3) is 0 Å². The van der Waals surface area contributed by atoms with Crippen molar-refractivity contribution in [2.45, 2.75) is 13.1 Å². The van der Waals surface area contributed by atoms with Crippen molar-refractivity contribution in [2.24, 2.45) is 0 Å². The van der Waals surface area contributed by atoms with Crippen LogP contribution in [0.4, 0.5) is 0 Å². The molecule has 0 atom stereocenters. The van der Waals surface area contributed by atoms with Crippen LogP contribution in [0.2, 0.25) is 5.02 Å². The zero-order chi connectivity index (χ0) is 13.5. The summed E-state index contributed by atoms with van der Waals surface area (Å²) >= 11 is 5.95. The molecule has 0 aliphatic carbocycles. The highest BCUT2D eigenvalue weighted by Gasteiger charge is 2.01. The molecule has 0 amide bonds. The van der Waals surface area contributed by atoms with Crippen LogP contribution < -0.4 is 5.32 Å². The van der Waals surface area contributed by atoms with Gasteiger partial charge in [-0.05, 0) is 17.7 Å². The van der Waals surface area contributed by atoms with E-state index in [1.807, 2.05) is 30.5 Å². The summed E-state index contributed by atoms with van der Waals surface area (Å²) in [5.41, 5.74) is 2.02.